The Kier molecular flexibility index (Phi) is 7.32. The quantitative estimate of drug-likeness (QED) is 0.658. The number of piperazine rings is 1. The fraction of sp³-hybridized carbons (Fsp3) is 0.333. The maximum absolute atomic E-state index is 12.7. The van der Waals surface area contributed by atoms with Crippen LogP contribution in [0.25, 0.3) is 0 Å². The van der Waals surface area contributed by atoms with E-state index in [-0.39, 0.29) is 11.5 Å². The van der Waals surface area contributed by atoms with Crippen LogP contribution >= 0.6 is 11.6 Å². The molecule has 10 heteroatoms. The zero-order valence-electron chi connectivity index (χ0n) is 17.3. The highest BCUT2D eigenvalue weighted by Crippen LogP contribution is 2.24. The molecule has 1 aliphatic rings. The number of amides is 1. The normalized spacial score (nSPS) is 15.5. The molecule has 1 N–H and O–H groups in total. The lowest BCUT2D eigenvalue weighted by Gasteiger charge is -2.33. The predicted octanol–water partition coefficient (Wildman–Crippen LogP) is 2.46. The third-order valence-electron chi connectivity index (χ3n) is 5.03. The number of nitrogens with zero attached hydrogens (tertiary/aromatic N) is 2. The molecule has 3 rings (SSSR count). The molecular weight excluding hydrogens is 442 g/mol. The lowest BCUT2D eigenvalue weighted by atomic mass is 10.1. The van der Waals surface area contributed by atoms with Crippen LogP contribution in [-0.4, -0.2) is 69.0 Å². The summed E-state index contributed by atoms with van der Waals surface area (Å²) < 4.78 is 29.5. The van der Waals surface area contributed by atoms with Crippen LogP contribution in [0.3, 0.4) is 0 Å². The van der Waals surface area contributed by atoms with Crippen molar-refractivity contribution in [3.05, 3.63) is 64.2 Å². The van der Waals surface area contributed by atoms with Gasteiger partial charge in [0.1, 0.15) is 0 Å². The van der Waals surface area contributed by atoms with E-state index in [0.29, 0.717) is 49.0 Å². The highest BCUT2D eigenvalue weighted by molar-refractivity contribution is 7.88. The molecular formula is C21H24ClN3O5S. The van der Waals surface area contributed by atoms with Crippen molar-refractivity contribution in [3.63, 3.8) is 0 Å². The average molecular weight is 466 g/mol. The molecule has 2 aromatic rings. The minimum atomic E-state index is -3.17. The van der Waals surface area contributed by atoms with E-state index in [1.54, 1.807) is 18.2 Å². The zero-order chi connectivity index (χ0) is 22.6. The van der Waals surface area contributed by atoms with Gasteiger partial charge in [0.25, 0.3) is 5.91 Å². The smallest absolute Gasteiger partial charge is 0.337 e. The van der Waals surface area contributed by atoms with Gasteiger partial charge in [-0.3, -0.25) is 9.69 Å². The number of anilines is 1. The molecule has 0 saturated carbocycles. The lowest BCUT2D eigenvalue weighted by molar-refractivity contribution is 0.0600. The van der Waals surface area contributed by atoms with E-state index < -0.39 is 16.0 Å². The number of rotatable bonds is 6. The minimum absolute atomic E-state index is 0.282. The van der Waals surface area contributed by atoms with E-state index in [1.165, 1.54) is 35.9 Å². The first-order valence-corrected chi connectivity index (χ1v) is 11.9. The minimum Gasteiger partial charge on any atom is -0.465 e. The number of ether oxygens (including phenoxy) is 1. The number of methoxy groups -OCH3 is 1. The van der Waals surface area contributed by atoms with Gasteiger partial charge < -0.3 is 10.1 Å². The highest BCUT2D eigenvalue weighted by Gasteiger charge is 2.23. The zero-order valence-corrected chi connectivity index (χ0v) is 18.9. The van der Waals surface area contributed by atoms with Crippen LogP contribution in [0.4, 0.5) is 5.69 Å². The summed E-state index contributed by atoms with van der Waals surface area (Å²) in [6, 6.07) is 11.7. The van der Waals surface area contributed by atoms with Crippen LogP contribution in [0.2, 0.25) is 5.02 Å². The van der Waals surface area contributed by atoms with Gasteiger partial charge in [-0.05, 0) is 35.9 Å². The van der Waals surface area contributed by atoms with Crippen molar-refractivity contribution < 1.29 is 22.7 Å². The largest absolute Gasteiger partial charge is 0.465 e. The molecule has 0 atom stereocenters. The predicted molar refractivity (Wildman–Crippen MR) is 119 cm³/mol. The Bertz CT molecular complexity index is 1080. The second-order valence-electron chi connectivity index (χ2n) is 7.28. The number of nitrogens with one attached hydrogen (secondary N) is 1. The third-order valence-corrected chi connectivity index (χ3v) is 6.66. The van der Waals surface area contributed by atoms with Crippen molar-refractivity contribution in [2.45, 2.75) is 6.54 Å². The van der Waals surface area contributed by atoms with E-state index >= 15 is 0 Å². The fourth-order valence-electron chi connectivity index (χ4n) is 3.35. The van der Waals surface area contributed by atoms with Crippen molar-refractivity contribution >= 4 is 39.2 Å². The number of carbonyl (C=O) groups is 2. The Morgan fingerprint density at radius 1 is 1.06 bits per heavy atom. The van der Waals surface area contributed by atoms with Gasteiger partial charge in [0.05, 0.1) is 29.6 Å². The number of sulfonamides is 1. The molecule has 1 saturated heterocycles. The van der Waals surface area contributed by atoms with Crippen LogP contribution in [-0.2, 0) is 21.3 Å². The van der Waals surface area contributed by atoms with E-state index in [0.717, 1.165) is 5.56 Å². The maximum Gasteiger partial charge on any atom is 0.337 e. The third kappa shape index (κ3) is 6.04. The Balaban J connectivity index is 1.67. The van der Waals surface area contributed by atoms with Gasteiger partial charge >= 0.3 is 5.97 Å². The van der Waals surface area contributed by atoms with Crippen molar-refractivity contribution in [1.29, 1.82) is 0 Å². The average Bonchev–Trinajstić information content (AvgIpc) is 2.74. The van der Waals surface area contributed by atoms with E-state index in [2.05, 4.69) is 10.2 Å². The van der Waals surface area contributed by atoms with Crippen LogP contribution in [0.5, 0.6) is 0 Å². The molecule has 0 aromatic heterocycles. The molecule has 0 radical (unpaired) electrons. The number of benzene rings is 2. The molecule has 1 heterocycles. The van der Waals surface area contributed by atoms with Crippen molar-refractivity contribution in [3.8, 4) is 0 Å². The monoisotopic (exact) mass is 465 g/mol. The van der Waals surface area contributed by atoms with Gasteiger partial charge in [-0.25, -0.2) is 13.2 Å². The summed E-state index contributed by atoms with van der Waals surface area (Å²) in [5, 5.41) is 3.04. The lowest BCUT2D eigenvalue weighted by Crippen LogP contribution is -2.47. The SMILES string of the molecule is COC(=O)c1ccc(Cl)c(NC(=O)c2cccc(CN3CCN(S(C)(=O)=O)CC3)c2)c1. The topological polar surface area (TPSA) is 96.0 Å². The maximum atomic E-state index is 12.7. The molecule has 1 aliphatic heterocycles. The summed E-state index contributed by atoms with van der Waals surface area (Å²) in [5.74, 6) is -0.877. The number of esters is 1. The first kappa shape index (κ1) is 23.2. The van der Waals surface area contributed by atoms with Gasteiger partial charge in [-0.1, -0.05) is 23.7 Å². The van der Waals surface area contributed by atoms with Gasteiger partial charge in [0.2, 0.25) is 10.0 Å². The van der Waals surface area contributed by atoms with Crippen molar-refractivity contribution in [2.24, 2.45) is 0 Å². The molecule has 166 valence electrons. The molecule has 0 unspecified atom stereocenters. The number of carbonyl (C=O) groups excluding carboxylic acids is 2. The molecule has 1 amide bonds. The Labute approximate surface area is 186 Å². The summed E-state index contributed by atoms with van der Waals surface area (Å²) in [5.41, 5.74) is 1.99. The summed E-state index contributed by atoms with van der Waals surface area (Å²) in [6.07, 6.45) is 1.22. The van der Waals surface area contributed by atoms with Crippen molar-refractivity contribution in [2.75, 3.05) is 44.9 Å². The second kappa shape index (κ2) is 9.78. The van der Waals surface area contributed by atoms with Crippen molar-refractivity contribution in [1.82, 2.24) is 9.21 Å². The van der Waals surface area contributed by atoms with Gasteiger partial charge in [0.15, 0.2) is 0 Å². The van der Waals surface area contributed by atoms with E-state index in [1.807, 2.05) is 6.07 Å². The first-order valence-electron chi connectivity index (χ1n) is 9.63. The second-order valence-corrected chi connectivity index (χ2v) is 9.67. The van der Waals surface area contributed by atoms with E-state index in [4.69, 9.17) is 16.3 Å². The summed E-state index contributed by atoms with van der Waals surface area (Å²) >= 11 is 6.16. The Morgan fingerprint density at radius 3 is 2.42 bits per heavy atom. The van der Waals surface area contributed by atoms with Crippen LogP contribution in [0.15, 0.2) is 42.5 Å². The van der Waals surface area contributed by atoms with Gasteiger partial charge in [0, 0.05) is 38.3 Å². The molecule has 31 heavy (non-hydrogen) atoms. The molecule has 8 nitrogen and oxygen atoms in total. The first-order chi connectivity index (χ1) is 14.7. The van der Waals surface area contributed by atoms with E-state index in [9.17, 15) is 18.0 Å². The summed E-state index contributed by atoms with van der Waals surface area (Å²) in [4.78, 5) is 26.6. The molecule has 0 spiro atoms. The molecule has 0 aliphatic carbocycles. The molecule has 0 bridgehead atoms. The van der Waals surface area contributed by atoms with Crippen LogP contribution in [0, 0.1) is 0 Å². The van der Waals surface area contributed by atoms with Gasteiger partial charge in [-0.15, -0.1) is 0 Å². The summed E-state index contributed by atoms with van der Waals surface area (Å²) in [7, 11) is -1.89. The van der Waals surface area contributed by atoms with Crippen LogP contribution < -0.4 is 5.32 Å². The molecule has 2 aromatic carbocycles. The molecule has 1 fully saturated rings. The number of halogens is 1. The van der Waals surface area contributed by atoms with Crippen LogP contribution in [0.1, 0.15) is 26.3 Å². The Hall–Kier alpha value is -2.46. The standard InChI is InChI=1S/C21H24ClN3O5S/c1-30-21(27)17-6-7-18(22)19(13-17)23-20(26)16-5-3-4-15(12-16)14-24-8-10-25(11-9-24)31(2,28)29/h3-7,12-13H,8-11,14H2,1-2H3,(H,23,26). The summed E-state index contributed by atoms with van der Waals surface area (Å²) in [6.45, 7) is 2.76. The highest BCUT2D eigenvalue weighted by atomic mass is 35.5. The van der Waals surface area contributed by atoms with Gasteiger partial charge in [-0.2, -0.15) is 4.31 Å². The fourth-order valence-corrected chi connectivity index (χ4v) is 4.34. The Morgan fingerprint density at radius 2 is 1.77 bits per heavy atom. The number of hydrogen-bond donors (Lipinski definition) is 1. The number of hydrogen-bond acceptors (Lipinski definition) is 6.